The molecule has 1 amide bonds. The number of carbonyl (C=O) groups excluding carboxylic acids is 2. The minimum atomic E-state index is -3.08. The third-order valence-electron chi connectivity index (χ3n) is 3.72. The van der Waals surface area contributed by atoms with Gasteiger partial charge in [-0.3, -0.25) is 4.79 Å². The highest BCUT2D eigenvalue weighted by molar-refractivity contribution is 7.91. The van der Waals surface area contributed by atoms with Gasteiger partial charge in [0.2, 0.25) is 0 Å². The molecular weight excluding hydrogens is 400 g/mol. The number of hydrogen-bond donors (Lipinski definition) is 1. The summed E-state index contributed by atoms with van der Waals surface area (Å²) in [5, 5.41) is 5.27. The maximum Gasteiger partial charge on any atom is 0.358 e. The van der Waals surface area contributed by atoms with E-state index in [-0.39, 0.29) is 17.2 Å². The first-order valence-electron chi connectivity index (χ1n) is 7.71. The van der Waals surface area contributed by atoms with Crippen LogP contribution in [0.2, 0.25) is 5.02 Å². The zero-order valence-electron chi connectivity index (χ0n) is 13.5. The van der Waals surface area contributed by atoms with Crippen LogP contribution >= 0.6 is 22.9 Å². The van der Waals surface area contributed by atoms with E-state index < -0.39 is 34.4 Å². The van der Waals surface area contributed by atoms with Crippen LogP contribution < -0.4 is 5.32 Å². The molecule has 1 aliphatic rings. The molecule has 1 aromatic heterocycles. The highest BCUT2D eigenvalue weighted by Crippen LogP contribution is 2.26. The number of halogens is 1. The number of sulfone groups is 1. The molecule has 3 rings (SSSR count). The third-order valence-corrected chi connectivity index (χ3v) is 6.61. The maximum atomic E-state index is 12.0. The van der Waals surface area contributed by atoms with Crippen molar-refractivity contribution in [2.45, 2.75) is 12.5 Å². The van der Waals surface area contributed by atoms with Gasteiger partial charge in [-0.05, 0) is 18.6 Å². The van der Waals surface area contributed by atoms with Crippen molar-refractivity contribution in [3.8, 4) is 10.6 Å². The van der Waals surface area contributed by atoms with Crippen LogP contribution in [-0.2, 0) is 19.4 Å². The van der Waals surface area contributed by atoms with Crippen molar-refractivity contribution >= 4 is 44.7 Å². The van der Waals surface area contributed by atoms with E-state index >= 15 is 0 Å². The lowest BCUT2D eigenvalue weighted by atomic mass is 10.2. The summed E-state index contributed by atoms with van der Waals surface area (Å²) < 4.78 is 27.7. The standard InChI is InChI=1S/C16H15ClN2O5S2/c17-11-3-1-2-10(6-11)15-19-13(8-25-15)16(21)24-7-14(20)18-12-4-5-26(22,23)9-12/h1-3,6,8,12H,4-5,7,9H2,(H,18,20)/t12-/m0/s1. The van der Waals surface area contributed by atoms with Gasteiger partial charge in [0, 0.05) is 22.0 Å². The highest BCUT2D eigenvalue weighted by Gasteiger charge is 2.29. The van der Waals surface area contributed by atoms with Crippen LogP contribution in [0.3, 0.4) is 0 Å². The molecule has 1 aliphatic heterocycles. The van der Waals surface area contributed by atoms with Gasteiger partial charge >= 0.3 is 5.97 Å². The van der Waals surface area contributed by atoms with Crippen molar-refractivity contribution in [1.82, 2.24) is 10.3 Å². The van der Waals surface area contributed by atoms with Crippen molar-refractivity contribution in [2.24, 2.45) is 0 Å². The summed E-state index contributed by atoms with van der Waals surface area (Å²) in [7, 11) is -3.08. The van der Waals surface area contributed by atoms with E-state index in [0.29, 0.717) is 16.5 Å². The molecule has 10 heteroatoms. The first-order valence-corrected chi connectivity index (χ1v) is 10.8. The Labute approximate surface area is 159 Å². The Morgan fingerprint density at radius 3 is 2.88 bits per heavy atom. The fourth-order valence-electron chi connectivity index (χ4n) is 2.50. The lowest BCUT2D eigenvalue weighted by Gasteiger charge is -2.10. The zero-order valence-corrected chi connectivity index (χ0v) is 15.9. The van der Waals surface area contributed by atoms with E-state index in [1.807, 2.05) is 6.07 Å². The van der Waals surface area contributed by atoms with Crippen molar-refractivity contribution < 1.29 is 22.7 Å². The van der Waals surface area contributed by atoms with E-state index in [9.17, 15) is 18.0 Å². The highest BCUT2D eigenvalue weighted by atomic mass is 35.5. The fourth-order valence-corrected chi connectivity index (χ4v) is 5.15. The maximum absolute atomic E-state index is 12.0. The molecule has 2 heterocycles. The van der Waals surface area contributed by atoms with Gasteiger partial charge in [-0.25, -0.2) is 18.2 Å². The quantitative estimate of drug-likeness (QED) is 0.750. The van der Waals surface area contributed by atoms with Gasteiger partial charge in [-0.1, -0.05) is 23.7 Å². The summed E-state index contributed by atoms with van der Waals surface area (Å²) in [6.45, 7) is -0.487. The predicted molar refractivity (Wildman–Crippen MR) is 98.0 cm³/mol. The Morgan fingerprint density at radius 2 is 2.19 bits per heavy atom. The molecule has 1 fully saturated rings. The van der Waals surface area contributed by atoms with Gasteiger partial charge in [0.25, 0.3) is 5.91 Å². The van der Waals surface area contributed by atoms with Gasteiger partial charge in [-0.15, -0.1) is 11.3 Å². The number of thiazole rings is 1. The fraction of sp³-hybridized carbons (Fsp3) is 0.312. The molecular formula is C16H15ClN2O5S2. The molecule has 138 valence electrons. The molecule has 2 aromatic rings. The van der Waals surface area contributed by atoms with Crippen molar-refractivity contribution in [1.29, 1.82) is 0 Å². The minimum Gasteiger partial charge on any atom is -0.451 e. The number of amides is 1. The Balaban J connectivity index is 1.53. The number of carbonyl (C=O) groups is 2. The number of benzene rings is 1. The average molecular weight is 415 g/mol. The molecule has 0 unspecified atom stereocenters. The second-order valence-corrected chi connectivity index (χ2v) is 9.32. The summed E-state index contributed by atoms with van der Waals surface area (Å²) in [6.07, 6.45) is 0.372. The lowest BCUT2D eigenvalue weighted by Crippen LogP contribution is -2.38. The SMILES string of the molecule is O=C(COC(=O)c1csc(-c2cccc(Cl)c2)n1)N[C@H]1CCS(=O)(=O)C1. The molecule has 0 bridgehead atoms. The molecule has 0 saturated carbocycles. The van der Waals surface area contributed by atoms with E-state index in [4.69, 9.17) is 16.3 Å². The normalized spacial score (nSPS) is 18.4. The van der Waals surface area contributed by atoms with Gasteiger partial charge in [0.15, 0.2) is 22.1 Å². The summed E-state index contributed by atoms with van der Waals surface area (Å²) in [5.41, 5.74) is 0.878. The lowest BCUT2D eigenvalue weighted by molar-refractivity contribution is -0.124. The van der Waals surface area contributed by atoms with Crippen molar-refractivity contribution in [3.05, 3.63) is 40.4 Å². The third kappa shape index (κ3) is 4.80. The second kappa shape index (κ2) is 7.73. The van der Waals surface area contributed by atoms with Gasteiger partial charge in [0.1, 0.15) is 5.01 Å². The van der Waals surface area contributed by atoms with Crippen LogP contribution in [0, 0.1) is 0 Å². The Bertz CT molecular complexity index is 942. The first kappa shape index (κ1) is 18.8. The second-order valence-electron chi connectivity index (χ2n) is 5.79. The number of ether oxygens (including phenoxy) is 1. The van der Waals surface area contributed by atoms with E-state index in [2.05, 4.69) is 10.3 Å². The van der Waals surface area contributed by atoms with Crippen LogP contribution in [0.25, 0.3) is 10.6 Å². The Morgan fingerprint density at radius 1 is 1.38 bits per heavy atom. The molecule has 1 saturated heterocycles. The molecule has 7 nitrogen and oxygen atoms in total. The molecule has 0 aliphatic carbocycles. The number of nitrogens with one attached hydrogen (secondary N) is 1. The number of esters is 1. The van der Waals surface area contributed by atoms with Crippen molar-refractivity contribution in [2.75, 3.05) is 18.1 Å². The monoisotopic (exact) mass is 414 g/mol. The van der Waals surface area contributed by atoms with E-state index in [0.717, 1.165) is 5.56 Å². The Hall–Kier alpha value is -1.97. The first-order chi connectivity index (χ1) is 12.3. The number of nitrogens with zero attached hydrogens (tertiary/aromatic N) is 1. The average Bonchev–Trinajstić information content (AvgIpc) is 3.19. The largest absolute Gasteiger partial charge is 0.451 e. The summed E-state index contributed by atoms with van der Waals surface area (Å²) in [6, 6.07) is 6.65. The van der Waals surface area contributed by atoms with Crippen LogP contribution in [0.1, 0.15) is 16.9 Å². The molecule has 26 heavy (non-hydrogen) atoms. The molecule has 0 radical (unpaired) electrons. The van der Waals surface area contributed by atoms with Gasteiger partial charge in [0.05, 0.1) is 11.5 Å². The molecule has 1 aromatic carbocycles. The summed E-state index contributed by atoms with van der Waals surface area (Å²) in [5.74, 6) is -1.28. The van der Waals surface area contributed by atoms with Gasteiger partial charge in [-0.2, -0.15) is 0 Å². The van der Waals surface area contributed by atoms with Crippen LogP contribution in [0.4, 0.5) is 0 Å². The topological polar surface area (TPSA) is 102 Å². The number of hydrogen-bond acceptors (Lipinski definition) is 7. The minimum absolute atomic E-state index is 0.0584. The summed E-state index contributed by atoms with van der Waals surface area (Å²) in [4.78, 5) is 28.0. The van der Waals surface area contributed by atoms with Crippen LogP contribution in [-0.4, -0.2) is 49.4 Å². The predicted octanol–water partition coefficient (Wildman–Crippen LogP) is 1.92. The smallest absolute Gasteiger partial charge is 0.358 e. The number of aromatic nitrogens is 1. The van der Waals surface area contributed by atoms with Gasteiger partial charge < -0.3 is 10.1 Å². The van der Waals surface area contributed by atoms with E-state index in [1.165, 1.54) is 11.3 Å². The van der Waals surface area contributed by atoms with Crippen LogP contribution in [0.5, 0.6) is 0 Å². The molecule has 1 atom stereocenters. The number of rotatable bonds is 5. The molecule has 1 N–H and O–H groups in total. The summed E-state index contributed by atoms with van der Waals surface area (Å²) >= 11 is 7.20. The molecule has 0 spiro atoms. The zero-order chi connectivity index (χ0) is 18.7. The van der Waals surface area contributed by atoms with E-state index in [1.54, 1.807) is 23.6 Å². The van der Waals surface area contributed by atoms with Crippen LogP contribution in [0.15, 0.2) is 29.6 Å². The Kier molecular flexibility index (Phi) is 5.59. The van der Waals surface area contributed by atoms with Crippen molar-refractivity contribution in [3.63, 3.8) is 0 Å².